The van der Waals surface area contributed by atoms with Gasteiger partial charge in [-0.2, -0.15) is 0 Å². The van der Waals surface area contributed by atoms with E-state index in [0.717, 1.165) is 12.1 Å². The first kappa shape index (κ1) is 16.7. The fourth-order valence-corrected chi connectivity index (χ4v) is 2.51. The molecule has 0 fully saturated rings. The maximum atomic E-state index is 11.9. The number of hydrogen-bond donors (Lipinski definition) is 1. The van der Waals surface area contributed by atoms with Crippen LogP contribution >= 0.6 is 0 Å². The Hall–Kier alpha value is -3.15. The number of nitrogens with one attached hydrogen (secondary N) is 1. The van der Waals surface area contributed by atoms with E-state index in [0.29, 0.717) is 12.5 Å². The molecule has 0 saturated heterocycles. The Balaban J connectivity index is 1.51. The molecule has 25 heavy (non-hydrogen) atoms. The van der Waals surface area contributed by atoms with Crippen molar-refractivity contribution in [3.05, 3.63) is 60.6 Å². The first-order chi connectivity index (χ1) is 12.1. The Labute approximate surface area is 146 Å². The first-order valence-electron chi connectivity index (χ1n) is 8.12. The van der Waals surface area contributed by atoms with Crippen LogP contribution in [0.25, 0.3) is 17.0 Å². The molecule has 0 spiro atoms. The minimum atomic E-state index is -0.131. The summed E-state index contributed by atoms with van der Waals surface area (Å²) >= 11 is 0. The molecule has 2 aromatic heterocycles. The molecule has 3 rings (SSSR count). The molecule has 0 bridgehead atoms. The van der Waals surface area contributed by atoms with Crippen LogP contribution in [0.3, 0.4) is 0 Å². The SMILES string of the molecule is CN(C)c1ncc(/C=C/C(=O)NCCn2ccc3ccccc32)cn1. The Morgan fingerprint density at radius 3 is 2.72 bits per heavy atom. The van der Waals surface area contributed by atoms with Gasteiger partial charge in [-0.25, -0.2) is 9.97 Å². The highest BCUT2D eigenvalue weighted by atomic mass is 16.1. The summed E-state index contributed by atoms with van der Waals surface area (Å²) in [5.74, 6) is 0.508. The minimum absolute atomic E-state index is 0.131. The van der Waals surface area contributed by atoms with Gasteiger partial charge >= 0.3 is 0 Å². The van der Waals surface area contributed by atoms with Gasteiger partial charge in [0.25, 0.3) is 0 Å². The summed E-state index contributed by atoms with van der Waals surface area (Å²) in [6, 6.07) is 10.3. The van der Waals surface area contributed by atoms with E-state index in [-0.39, 0.29) is 5.91 Å². The lowest BCUT2D eigenvalue weighted by atomic mass is 10.2. The van der Waals surface area contributed by atoms with Gasteiger partial charge in [-0.3, -0.25) is 4.79 Å². The van der Waals surface area contributed by atoms with Gasteiger partial charge in [0.2, 0.25) is 11.9 Å². The second-order valence-electron chi connectivity index (χ2n) is 5.90. The molecule has 6 nitrogen and oxygen atoms in total. The van der Waals surface area contributed by atoms with Crippen molar-refractivity contribution in [3.63, 3.8) is 0 Å². The number of anilines is 1. The largest absolute Gasteiger partial charge is 0.351 e. The van der Waals surface area contributed by atoms with E-state index in [1.807, 2.05) is 37.3 Å². The predicted molar refractivity (Wildman–Crippen MR) is 100 cm³/mol. The number of carbonyl (C=O) groups is 1. The maximum Gasteiger partial charge on any atom is 0.244 e. The lowest BCUT2D eigenvalue weighted by Crippen LogP contribution is -2.25. The number of nitrogens with zero attached hydrogens (tertiary/aromatic N) is 4. The molecule has 0 aliphatic heterocycles. The zero-order valence-corrected chi connectivity index (χ0v) is 14.4. The van der Waals surface area contributed by atoms with Gasteiger partial charge in [-0.1, -0.05) is 18.2 Å². The summed E-state index contributed by atoms with van der Waals surface area (Å²) < 4.78 is 2.13. The second kappa shape index (κ2) is 7.61. The van der Waals surface area contributed by atoms with Gasteiger partial charge in [0.1, 0.15) is 0 Å². The molecule has 0 aliphatic carbocycles. The Morgan fingerprint density at radius 2 is 1.96 bits per heavy atom. The van der Waals surface area contributed by atoms with Crippen molar-refractivity contribution in [1.82, 2.24) is 19.9 Å². The number of rotatable bonds is 6. The van der Waals surface area contributed by atoms with Gasteiger partial charge in [0.15, 0.2) is 0 Å². The zero-order valence-electron chi connectivity index (χ0n) is 14.4. The van der Waals surface area contributed by atoms with Crippen LogP contribution in [0, 0.1) is 0 Å². The number of amides is 1. The van der Waals surface area contributed by atoms with Crippen LogP contribution in [0.5, 0.6) is 0 Å². The third-order valence-electron chi connectivity index (χ3n) is 3.82. The van der Waals surface area contributed by atoms with Crippen LogP contribution in [0.4, 0.5) is 5.95 Å². The van der Waals surface area contributed by atoms with Gasteiger partial charge in [-0.05, 0) is 23.6 Å². The maximum absolute atomic E-state index is 11.9. The Kier molecular flexibility index (Phi) is 5.09. The zero-order chi connectivity index (χ0) is 17.6. The van der Waals surface area contributed by atoms with Gasteiger partial charge < -0.3 is 14.8 Å². The fourth-order valence-electron chi connectivity index (χ4n) is 2.51. The molecule has 1 aromatic carbocycles. The van der Waals surface area contributed by atoms with Crippen LogP contribution in [0.15, 0.2) is 55.0 Å². The van der Waals surface area contributed by atoms with E-state index in [2.05, 4.69) is 38.1 Å². The van der Waals surface area contributed by atoms with Crippen LogP contribution in [-0.4, -0.2) is 41.1 Å². The summed E-state index contributed by atoms with van der Waals surface area (Å²) in [7, 11) is 3.76. The fraction of sp³-hybridized carbons (Fsp3) is 0.211. The van der Waals surface area contributed by atoms with Crippen molar-refractivity contribution >= 4 is 28.8 Å². The number of hydrogen-bond acceptors (Lipinski definition) is 4. The monoisotopic (exact) mass is 335 g/mol. The van der Waals surface area contributed by atoms with Crippen molar-refractivity contribution in [2.45, 2.75) is 6.54 Å². The molecule has 0 unspecified atom stereocenters. The summed E-state index contributed by atoms with van der Waals surface area (Å²) in [5.41, 5.74) is 1.96. The van der Waals surface area contributed by atoms with Crippen molar-refractivity contribution < 1.29 is 4.79 Å². The molecule has 0 atom stereocenters. The molecule has 6 heteroatoms. The summed E-state index contributed by atoms with van der Waals surface area (Å²) in [5, 5.41) is 4.09. The topological polar surface area (TPSA) is 63.1 Å². The van der Waals surface area contributed by atoms with Crippen molar-refractivity contribution in [2.75, 3.05) is 25.5 Å². The second-order valence-corrected chi connectivity index (χ2v) is 5.90. The van der Waals surface area contributed by atoms with E-state index in [9.17, 15) is 4.79 Å². The summed E-state index contributed by atoms with van der Waals surface area (Å²) in [6.07, 6.45) is 8.63. The first-order valence-corrected chi connectivity index (χ1v) is 8.12. The van der Waals surface area contributed by atoms with Crippen LogP contribution < -0.4 is 10.2 Å². The molecule has 128 valence electrons. The third-order valence-corrected chi connectivity index (χ3v) is 3.82. The smallest absolute Gasteiger partial charge is 0.244 e. The van der Waals surface area contributed by atoms with Crippen molar-refractivity contribution in [1.29, 1.82) is 0 Å². The standard InChI is InChI=1S/C19H21N5O/c1-23(2)19-21-13-15(14-22-19)7-8-18(25)20-10-12-24-11-9-16-5-3-4-6-17(16)24/h3-9,11,13-14H,10,12H2,1-2H3,(H,20,25)/b8-7+. The number of aromatic nitrogens is 3. The molecule has 1 N–H and O–H groups in total. The molecule has 1 amide bonds. The quantitative estimate of drug-likeness (QED) is 0.702. The third kappa shape index (κ3) is 4.23. The van der Waals surface area contributed by atoms with E-state index >= 15 is 0 Å². The van der Waals surface area contributed by atoms with E-state index < -0.39 is 0 Å². The van der Waals surface area contributed by atoms with Crippen molar-refractivity contribution in [3.8, 4) is 0 Å². The molecule has 2 heterocycles. The lowest BCUT2D eigenvalue weighted by Gasteiger charge is -2.08. The molecule has 3 aromatic rings. The summed E-state index contributed by atoms with van der Waals surface area (Å²) in [6.45, 7) is 1.30. The number of benzene rings is 1. The van der Waals surface area contributed by atoms with E-state index in [1.165, 1.54) is 17.0 Å². The average Bonchev–Trinajstić information content (AvgIpc) is 3.04. The van der Waals surface area contributed by atoms with E-state index in [1.54, 1.807) is 18.5 Å². The highest BCUT2D eigenvalue weighted by Gasteiger charge is 2.01. The Morgan fingerprint density at radius 1 is 1.20 bits per heavy atom. The van der Waals surface area contributed by atoms with Crippen LogP contribution in [-0.2, 0) is 11.3 Å². The number of fused-ring (bicyclic) bond motifs is 1. The molecule has 0 saturated carbocycles. The minimum Gasteiger partial charge on any atom is -0.351 e. The van der Waals surface area contributed by atoms with E-state index in [4.69, 9.17) is 0 Å². The highest BCUT2D eigenvalue weighted by Crippen LogP contribution is 2.14. The predicted octanol–water partition coefficient (Wildman–Crippen LogP) is 2.33. The molecule has 0 aliphatic rings. The number of carbonyl (C=O) groups excluding carboxylic acids is 1. The molecular formula is C19H21N5O. The van der Waals surface area contributed by atoms with Gasteiger partial charge in [0.05, 0.1) is 0 Å². The van der Waals surface area contributed by atoms with Crippen LogP contribution in [0.1, 0.15) is 5.56 Å². The van der Waals surface area contributed by atoms with Gasteiger partial charge in [0, 0.05) is 62.9 Å². The highest BCUT2D eigenvalue weighted by molar-refractivity contribution is 5.91. The molecular weight excluding hydrogens is 314 g/mol. The number of para-hydroxylation sites is 1. The molecule has 0 radical (unpaired) electrons. The van der Waals surface area contributed by atoms with Gasteiger partial charge in [-0.15, -0.1) is 0 Å². The summed E-state index contributed by atoms with van der Waals surface area (Å²) in [4.78, 5) is 22.2. The van der Waals surface area contributed by atoms with Crippen molar-refractivity contribution in [2.24, 2.45) is 0 Å². The van der Waals surface area contributed by atoms with Crippen LogP contribution in [0.2, 0.25) is 0 Å². The average molecular weight is 335 g/mol. The Bertz CT molecular complexity index is 880. The normalized spacial score (nSPS) is 11.1. The lowest BCUT2D eigenvalue weighted by molar-refractivity contribution is -0.116.